The number of fused-ring (bicyclic) bond motifs is 1. The summed E-state index contributed by atoms with van der Waals surface area (Å²) in [5.41, 5.74) is 2.08. The Morgan fingerprint density at radius 2 is 1.96 bits per heavy atom. The van der Waals surface area contributed by atoms with E-state index in [1.165, 1.54) is 5.56 Å². The summed E-state index contributed by atoms with van der Waals surface area (Å²) in [5.74, 6) is 1.87. The highest BCUT2D eigenvalue weighted by molar-refractivity contribution is 14.0. The predicted molar refractivity (Wildman–Crippen MR) is 126 cm³/mol. The van der Waals surface area contributed by atoms with Crippen LogP contribution in [0, 0.1) is 0 Å². The Hall–Kier alpha value is -1.87. The molecule has 1 N–H and O–H groups in total. The number of pyridine rings is 1. The summed E-state index contributed by atoms with van der Waals surface area (Å²) in [5, 5.41) is 12.6. The predicted octanol–water partition coefficient (Wildman–Crippen LogP) is 4.03. The minimum Gasteiger partial charge on any atom is -0.357 e. The van der Waals surface area contributed by atoms with Crippen molar-refractivity contribution < 1.29 is 0 Å². The Morgan fingerprint density at radius 3 is 2.71 bits per heavy atom. The zero-order valence-corrected chi connectivity index (χ0v) is 19.3. The number of nitrogens with zero attached hydrogens (tertiary/aromatic N) is 5. The van der Waals surface area contributed by atoms with Crippen LogP contribution in [0.3, 0.4) is 0 Å². The van der Waals surface area contributed by atoms with Crippen LogP contribution in [0.2, 0.25) is 5.02 Å². The van der Waals surface area contributed by atoms with Crippen molar-refractivity contribution >= 4 is 47.2 Å². The van der Waals surface area contributed by atoms with E-state index in [2.05, 4.69) is 27.3 Å². The van der Waals surface area contributed by atoms with Crippen molar-refractivity contribution in [2.75, 3.05) is 20.1 Å². The fourth-order valence-electron chi connectivity index (χ4n) is 2.89. The van der Waals surface area contributed by atoms with Crippen molar-refractivity contribution in [1.29, 1.82) is 0 Å². The van der Waals surface area contributed by atoms with Gasteiger partial charge in [0.15, 0.2) is 11.6 Å². The molecule has 2 heterocycles. The molecule has 0 saturated carbocycles. The minimum absolute atomic E-state index is 0. The maximum Gasteiger partial charge on any atom is 0.193 e. The van der Waals surface area contributed by atoms with Gasteiger partial charge in [0.25, 0.3) is 0 Å². The average molecular weight is 513 g/mol. The van der Waals surface area contributed by atoms with Gasteiger partial charge < -0.3 is 10.2 Å². The monoisotopic (exact) mass is 512 g/mol. The molecule has 0 aliphatic rings. The van der Waals surface area contributed by atoms with E-state index in [0.29, 0.717) is 0 Å². The van der Waals surface area contributed by atoms with Crippen LogP contribution >= 0.6 is 35.6 Å². The highest BCUT2D eigenvalue weighted by Crippen LogP contribution is 2.11. The largest absolute Gasteiger partial charge is 0.357 e. The second kappa shape index (κ2) is 11.2. The van der Waals surface area contributed by atoms with Crippen LogP contribution in [0.25, 0.3) is 5.65 Å². The standard InChI is InChI=1S/C20H25ClN6.HI/c1-3-22-20(26(2)15-16-9-11-17(21)12-10-16)23-13-6-8-19-25-24-18-7-4-5-14-27(18)19;/h4-5,7,9-12,14H,3,6,8,13,15H2,1-2H3,(H,22,23);1H. The first-order chi connectivity index (χ1) is 13.2. The summed E-state index contributed by atoms with van der Waals surface area (Å²) in [6.45, 7) is 4.42. The van der Waals surface area contributed by atoms with E-state index >= 15 is 0 Å². The fourth-order valence-corrected chi connectivity index (χ4v) is 3.02. The summed E-state index contributed by atoms with van der Waals surface area (Å²) < 4.78 is 2.03. The van der Waals surface area contributed by atoms with Gasteiger partial charge in [-0.2, -0.15) is 0 Å². The molecule has 0 fully saturated rings. The van der Waals surface area contributed by atoms with Crippen LogP contribution in [0.1, 0.15) is 24.7 Å². The molecule has 0 aliphatic heterocycles. The summed E-state index contributed by atoms with van der Waals surface area (Å²) in [7, 11) is 2.04. The molecule has 0 unspecified atom stereocenters. The van der Waals surface area contributed by atoms with Crippen LogP contribution in [0.4, 0.5) is 0 Å². The highest BCUT2D eigenvalue weighted by atomic mass is 127. The van der Waals surface area contributed by atoms with Crippen LogP contribution in [0.5, 0.6) is 0 Å². The lowest BCUT2D eigenvalue weighted by molar-refractivity contribution is 0.476. The summed E-state index contributed by atoms with van der Waals surface area (Å²) in [6.07, 6.45) is 3.76. The first-order valence-corrected chi connectivity index (χ1v) is 9.57. The number of benzene rings is 1. The second-order valence-electron chi connectivity index (χ2n) is 6.37. The average Bonchev–Trinajstić information content (AvgIpc) is 3.09. The van der Waals surface area contributed by atoms with Gasteiger partial charge in [-0.05, 0) is 43.2 Å². The maximum absolute atomic E-state index is 5.96. The Balaban J connectivity index is 0.00000280. The van der Waals surface area contributed by atoms with E-state index in [0.717, 1.165) is 54.9 Å². The topological polar surface area (TPSA) is 57.8 Å². The SMILES string of the molecule is CCNC(=NCCCc1nnc2ccccn12)N(C)Cc1ccc(Cl)cc1.I. The number of hydrogen-bond acceptors (Lipinski definition) is 3. The Morgan fingerprint density at radius 1 is 1.18 bits per heavy atom. The first kappa shape index (κ1) is 22.4. The van der Waals surface area contributed by atoms with Crippen LogP contribution in [-0.2, 0) is 13.0 Å². The third-order valence-electron chi connectivity index (χ3n) is 4.23. The number of halogens is 2. The van der Waals surface area contributed by atoms with Gasteiger partial charge in [-0.15, -0.1) is 34.2 Å². The van der Waals surface area contributed by atoms with Gasteiger partial charge in [0, 0.05) is 44.3 Å². The molecule has 0 atom stereocenters. The van der Waals surface area contributed by atoms with Crippen molar-refractivity contribution in [3.05, 3.63) is 65.1 Å². The molecule has 2 aromatic heterocycles. The van der Waals surface area contributed by atoms with E-state index in [-0.39, 0.29) is 24.0 Å². The summed E-state index contributed by atoms with van der Waals surface area (Å²) in [4.78, 5) is 6.88. The highest BCUT2D eigenvalue weighted by Gasteiger charge is 2.07. The van der Waals surface area contributed by atoms with Crippen LogP contribution in [0.15, 0.2) is 53.7 Å². The van der Waals surface area contributed by atoms with Crippen molar-refractivity contribution in [3.8, 4) is 0 Å². The lowest BCUT2D eigenvalue weighted by Gasteiger charge is -2.22. The molecule has 0 saturated heterocycles. The molecule has 3 rings (SSSR count). The number of rotatable bonds is 7. The number of hydrogen-bond donors (Lipinski definition) is 1. The fraction of sp³-hybridized carbons (Fsp3) is 0.350. The van der Waals surface area contributed by atoms with E-state index in [1.54, 1.807) is 0 Å². The number of guanidine groups is 1. The quantitative estimate of drug-likeness (QED) is 0.225. The molecule has 150 valence electrons. The first-order valence-electron chi connectivity index (χ1n) is 9.20. The molecule has 3 aromatic rings. The van der Waals surface area contributed by atoms with Gasteiger partial charge in [-0.3, -0.25) is 9.39 Å². The Bertz CT molecular complexity index is 893. The molecule has 0 aliphatic carbocycles. The van der Waals surface area contributed by atoms with Crippen molar-refractivity contribution in [2.24, 2.45) is 4.99 Å². The van der Waals surface area contributed by atoms with Crippen molar-refractivity contribution in [3.63, 3.8) is 0 Å². The molecule has 8 heteroatoms. The lowest BCUT2D eigenvalue weighted by Crippen LogP contribution is -2.38. The van der Waals surface area contributed by atoms with E-state index in [9.17, 15) is 0 Å². The third-order valence-corrected chi connectivity index (χ3v) is 4.49. The Kier molecular flexibility index (Phi) is 8.98. The molecule has 6 nitrogen and oxygen atoms in total. The number of nitrogens with one attached hydrogen (secondary N) is 1. The summed E-state index contributed by atoms with van der Waals surface area (Å²) in [6, 6.07) is 13.8. The zero-order chi connectivity index (χ0) is 19.1. The lowest BCUT2D eigenvalue weighted by atomic mass is 10.2. The molecular formula is C20H26ClIN6. The van der Waals surface area contributed by atoms with Gasteiger partial charge in [-0.1, -0.05) is 29.8 Å². The zero-order valence-electron chi connectivity index (χ0n) is 16.2. The second-order valence-corrected chi connectivity index (χ2v) is 6.80. The van der Waals surface area contributed by atoms with Crippen molar-refractivity contribution in [2.45, 2.75) is 26.3 Å². The number of aryl methyl sites for hydroxylation is 1. The van der Waals surface area contributed by atoms with Gasteiger partial charge in [0.1, 0.15) is 5.82 Å². The van der Waals surface area contributed by atoms with E-state index in [4.69, 9.17) is 16.6 Å². The van der Waals surface area contributed by atoms with Crippen LogP contribution < -0.4 is 5.32 Å². The molecule has 0 spiro atoms. The van der Waals surface area contributed by atoms with Gasteiger partial charge in [-0.25, -0.2) is 0 Å². The van der Waals surface area contributed by atoms with Gasteiger partial charge in [0.05, 0.1) is 0 Å². The molecule has 0 radical (unpaired) electrons. The van der Waals surface area contributed by atoms with E-state index < -0.39 is 0 Å². The maximum atomic E-state index is 5.96. The molecule has 28 heavy (non-hydrogen) atoms. The van der Waals surface area contributed by atoms with E-state index in [1.807, 2.05) is 60.1 Å². The third kappa shape index (κ3) is 6.07. The van der Waals surface area contributed by atoms with Crippen LogP contribution in [-0.4, -0.2) is 45.6 Å². The van der Waals surface area contributed by atoms with Gasteiger partial charge in [0.2, 0.25) is 0 Å². The van der Waals surface area contributed by atoms with Crippen molar-refractivity contribution in [1.82, 2.24) is 24.8 Å². The smallest absolute Gasteiger partial charge is 0.193 e. The minimum atomic E-state index is 0. The Labute approximate surface area is 188 Å². The molecule has 0 amide bonds. The normalized spacial score (nSPS) is 11.3. The molecule has 1 aromatic carbocycles. The number of aromatic nitrogens is 3. The van der Waals surface area contributed by atoms with Gasteiger partial charge >= 0.3 is 0 Å². The number of aliphatic imine (C=N–C) groups is 1. The summed E-state index contributed by atoms with van der Waals surface area (Å²) >= 11 is 5.96. The molecular weight excluding hydrogens is 487 g/mol. The molecule has 0 bridgehead atoms.